The molecule has 2 N–H and O–H groups in total. The average Bonchev–Trinajstić information content (AvgIpc) is 3.01. The van der Waals surface area contributed by atoms with Crippen LogP contribution < -0.4 is 9.44 Å². The topological polar surface area (TPSA) is 92.3 Å². The lowest BCUT2D eigenvalue weighted by atomic mass is 9.95. The third-order valence-corrected chi connectivity index (χ3v) is 9.80. The summed E-state index contributed by atoms with van der Waals surface area (Å²) in [5.74, 6) is 0. The van der Waals surface area contributed by atoms with Crippen molar-refractivity contribution in [2.45, 2.75) is 46.6 Å². The van der Waals surface area contributed by atoms with Gasteiger partial charge >= 0.3 is 24.7 Å². The quantitative estimate of drug-likeness (QED) is 0.167. The molecule has 0 aliphatic heterocycles. The van der Waals surface area contributed by atoms with Crippen LogP contribution in [0, 0.1) is 0 Å². The van der Waals surface area contributed by atoms with E-state index in [0.717, 1.165) is 24.3 Å². The second-order valence-corrected chi connectivity index (χ2v) is 13.9. The molecule has 20 heteroatoms. The van der Waals surface area contributed by atoms with E-state index in [1.807, 2.05) is 9.44 Å². The van der Waals surface area contributed by atoms with Crippen molar-refractivity contribution in [3.05, 3.63) is 130 Å². The van der Waals surface area contributed by atoms with Crippen LogP contribution in [0.3, 0.4) is 0 Å². The Morgan fingerprint density at radius 1 is 0.400 bits per heavy atom. The lowest BCUT2D eigenvalue weighted by Crippen LogP contribution is -2.41. The Morgan fingerprint density at radius 3 is 0.860 bits per heavy atom. The van der Waals surface area contributed by atoms with Gasteiger partial charge in [-0.1, -0.05) is 60.7 Å². The third kappa shape index (κ3) is 9.15. The van der Waals surface area contributed by atoms with Crippen LogP contribution in [0.25, 0.3) is 0 Å². The summed E-state index contributed by atoms with van der Waals surface area (Å²) in [5.41, 5.74) is -8.39. The summed E-state index contributed by atoms with van der Waals surface area (Å²) in [6.45, 7) is 0. The first kappa shape index (κ1) is 38.7. The number of benzene rings is 4. The van der Waals surface area contributed by atoms with Gasteiger partial charge in [0.05, 0.1) is 44.1 Å². The van der Waals surface area contributed by atoms with Crippen molar-refractivity contribution in [2.75, 3.05) is 0 Å². The van der Waals surface area contributed by atoms with Crippen molar-refractivity contribution in [3.8, 4) is 0 Å². The number of alkyl halides is 12. The molecule has 0 unspecified atom stereocenters. The molecule has 270 valence electrons. The first-order valence-corrected chi connectivity index (χ1v) is 16.5. The molecular formula is C30H20F12N2O4S2. The highest BCUT2D eigenvalue weighted by atomic mass is 32.2. The number of halogens is 12. The summed E-state index contributed by atoms with van der Waals surface area (Å²) in [7, 11) is -11.0. The maximum absolute atomic E-state index is 13.6. The Labute approximate surface area is 275 Å². The number of hydrogen-bond acceptors (Lipinski definition) is 4. The zero-order valence-corrected chi connectivity index (χ0v) is 26.0. The largest absolute Gasteiger partial charge is 0.416 e. The van der Waals surface area contributed by atoms with E-state index in [4.69, 9.17) is 0 Å². The first-order valence-electron chi connectivity index (χ1n) is 13.5. The lowest BCUT2D eigenvalue weighted by molar-refractivity contribution is -0.145. The van der Waals surface area contributed by atoms with Gasteiger partial charge in [-0.15, -0.1) is 0 Å². The van der Waals surface area contributed by atoms with Crippen LogP contribution in [-0.4, -0.2) is 16.8 Å². The molecule has 0 saturated heterocycles. The highest BCUT2D eigenvalue weighted by Gasteiger charge is 2.41. The van der Waals surface area contributed by atoms with E-state index in [9.17, 15) is 69.5 Å². The van der Waals surface area contributed by atoms with Gasteiger partial charge in [-0.05, 0) is 47.5 Å². The molecule has 0 saturated carbocycles. The molecule has 0 fully saturated rings. The molecule has 0 amide bonds. The minimum Gasteiger partial charge on any atom is -0.207 e. The van der Waals surface area contributed by atoms with Crippen LogP contribution in [0.1, 0.15) is 45.5 Å². The molecule has 0 aliphatic carbocycles. The second-order valence-electron chi connectivity index (χ2n) is 10.5. The second kappa shape index (κ2) is 13.5. The molecule has 4 aromatic carbocycles. The maximum atomic E-state index is 13.6. The molecule has 0 radical (unpaired) electrons. The smallest absolute Gasteiger partial charge is 0.207 e. The van der Waals surface area contributed by atoms with Gasteiger partial charge in [0.15, 0.2) is 0 Å². The van der Waals surface area contributed by atoms with E-state index in [0.29, 0.717) is 0 Å². The molecule has 4 rings (SSSR count). The lowest BCUT2D eigenvalue weighted by Gasteiger charge is -2.30. The fourth-order valence-corrected chi connectivity index (χ4v) is 7.22. The maximum Gasteiger partial charge on any atom is 0.416 e. The molecule has 6 nitrogen and oxygen atoms in total. The first-order chi connectivity index (χ1) is 22.8. The van der Waals surface area contributed by atoms with E-state index in [1.165, 1.54) is 36.4 Å². The van der Waals surface area contributed by atoms with Crippen LogP contribution >= 0.6 is 0 Å². The Bertz CT molecular complexity index is 1830. The van der Waals surface area contributed by atoms with Crippen molar-refractivity contribution < 1.29 is 69.5 Å². The summed E-state index contributed by atoms with van der Waals surface area (Å²) in [4.78, 5) is -3.11. The molecule has 4 aromatic rings. The van der Waals surface area contributed by atoms with E-state index < -0.39 is 88.9 Å². The summed E-state index contributed by atoms with van der Waals surface area (Å²) in [6.07, 6.45) is -21.9. The summed E-state index contributed by atoms with van der Waals surface area (Å²) in [6, 6.07) is 7.44. The molecule has 0 heterocycles. The number of rotatable bonds is 9. The highest BCUT2D eigenvalue weighted by molar-refractivity contribution is 7.90. The van der Waals surface area contributed by atoms with Crippen molar-refractivity contribution >= 4 is 20.0 Å². The SMILES string of the molecule is O=S(=O)(N[C@H](c1ccccc1)[C@H](NS(=O)(=O)c1cc(C(F)(F)F)cc(C(F)(F)F)c1)c1ccccc1)c1cc(C(F)(F)F)cc(C(F)(F)F)c1. The minimum atomic E-state index is -5.48. The van der Waals surface area contributed by atoms with Gasteiger partial charge in [0.1, 0.15) is 0 Å². The van der Waals surface area contributed by atoms with Crippen LogP contribution in [0.5, 0.6) is 0 Å². The number of hydrogen-bond donors (Lipinski definition) is 2. The molecular weight excluding hydrogens is 744 g/mol. The van der Waals surface area contributed by atoms with Crippen LogP contribution in [-0.2, 0) is 44.8 Å². The fourth-order valence-electron chi connectivity index (χ4n) is 4.61. The van der Waals surface area contributed by atoms with E-state index in [1.54, 1.807) is 0 Å². The van der Waals surface area contributed by atoms with Gasteiger partial charge in [-0.2, -0.15) is 52.7 Å². The molecule has 0 aromatic heterocycles. The van der Waals surface area contributed by atoms with Crippen LogP contribution in [0.15, 0.2) is 107 Å². The third-order valence-electron chi connectivity index (χ3n) is 6.96. The fraction of sp³-hybridized carbons (Fsp3) is 0.200. The standard InChI is InChI=1S/C30H20F12N2O4S2/c31-27(32,33)19-11-20(28(34,35)36)14-23(13-19)49(45,46)43-25(17-7-3-1-4-8-17)26(18-9-5-2-6-10-18)44-50(47,48)24-15-21(29(37,38)39)12-22(16-24)30(40,41)42/h1-16,25-26,43-44H/t25-,26-/m1/s1. The van der Waals surface area contributed by atoms with Gasteiger partial charge < -0.3 is 0 Å². The predicted octanol–water partition coefficient (Wildman–Crippen LogP) is 8.50. The van der Waals surface area contributed by atoms with E-state index in [2.05, 4.69) is 0 Å². The van der Waals surface area contributed by atoms with Crippen LogP contribution in [0.2, 0.25) is 0 Å². The Hall–Kier alpha value is -4.14. The van der Waals surface area contributed by atoms with Crippen molar-refractivity contribution in [2.24, 2.45) is 0 Å². The van der Waals surface area contributed by atoms with Crippen LogP contribution in [0.4, 0.5) is 52.7 Å². The van der Waals surface area contributed by atoms with Crippen molar-refractivity contribution in [1.29, 1.82) is 0 Å². The van der Waals surface area contributed by atoms with E-state index in [-0.39, 0.29) is 47.5 Å². The molecule has 0 bridgehead atoms. The summed E-state index contributed by atoms with van der Waals surface area (Å²) >= 11 is 0. The zero-order valence-electron chi connectivity index (χ0n) is 24.4. The number of nitrogens with one attached hydrogen (secondary N) is 2. The van der Waals surface area contributed by atoms with Crippen molar-refractivity contribution in [1.82, 2.24) is 9.44 Å². The Kier molecular flexibility index (Phi) is 10.5. The van der Waals surface area contributed by atoms with Gasteiger partial charge in [-0.25, -0.2) is 26.3 Å². The van der Waals surface area contributed by atoms with Gasteiger partial charge in [0.2, 0.25) is 20.0 Å². The molecule has 50 heavy (non-hydrogen) atoms. The van der Waals surface area contributed by atoms with Gasteiger partial charge in [-0.3, -0.25) is 0 Å². The molecule has 0 spiro atoms. The van der Waals surface area contributed by atoms with Gasteiger partial charge in [0, 0.05) is 0 Å². The normalized spacial score (nSPS) is 14.7. The van der Waals surface area contributed by atoms with Gasteiger partial charge in [0.25, 0.3) is 0 Å². The highest BCUT2D eigenvalue weighted by Crippen LogP contribution is 2.40. The minimum absolute atomic E-state index is 0.109. The summed E-state index contributed by atoms with van der Waals surface area (Å²) < 4.78 is 221. The number of sulfonamides is 2. The van der Waals surface area contributed by atoms with E-state index >= 15 is 0 Å². The Morgan fingerprint density at radius 2 is 0.640 bits per heavy atom. The zero-order chi connectivity index (χ0) is 37.5. The monoisotopic (exact) mass is 764 g/mol. The molecule has 2 atom stereocenters. The van der Waals surface area contributed by atoms with Crippen molar-refractivity contribution in [3.63, 3.8) is 0 Å². The predicted molar refractivity (Wildman–Crippen MR) is 152 cm³/mol. The summed E-state index contributed by atoms with van der Waals surface area (Å²) in [5, 5.41) is 0. The average molecular weight is 765 g/mol. The molecule has 0 aliphatic rings. The Balaban J connectivity index is 1.93.